The molecule has 0 spiro atoms. The van der Waals surface area contributed by atoms with E-state index in [4.69, 9.17) is 4.74 Å². The number of ketones is 1. The maximum Gasteiger partial charge on any atom is 0.259 e. The van der Waals surface area contributed by atoms with Crippen LogP contribution < -0.4 is 9.64 Å². The monoisotopic (exact) mass is 331 g/mol. The van der Waals surface area contributed by atoms with Crippen LogP contribution in [0.25, 0.3) is 10.8 Å². The second-order valence-electron chi connectivity index (χ2n) is 6.15. The lowest BCUT2D eigenvalue weighted by Gasteiger charge is -2.20. The zero-order chi connectivity index (χ0) is 17.6. The smallest absolute Gasteiger partial charge is 0.259 e. The molecule has 1 aliphatic rings. The van der Waals surface area contributed by atoms with Crippen LogP contribution in [0.4, 0.5) is 5.69 Å². The highest BCUT2D eigenvalue weighted by Crippen LogP contribution is 2.38. The van der Waals surface area contributed by atoms with Gasteiger partial charge in [0.15, 0.2) is 5.78 Å². The van der Waals surface area contributed by atoms with Crippen LogP contribution in [-0.2, 0) is 6.54 Å². The summed E-state index contributed by atoms with van der Waals surface area (Å²) >= 11 is 0. The maximum absolute atomic E-state index is 12.9. The van der Waals surface area contributed by atoms with Crippen LogP contribution in [-0.4, -0.2) is 18.8 Å². The number of benzene rings is 3. The summed E-state index contributed by atoms with van der Waals surface area (Å²) in [6, 6.07) is 17.0. The van der Waals surface area contributed by atoms with Gasteiger partial charge in [-0.15, -0.1) is 0 Å². The van der Waals surface area contributed by atoms with Gasteiger partial charge < -0.3 is 9.64 Å². The van der Waals surface area contributed by atoms with Crippen molar-refractivity contribution >= 4 is 28.2 Å². The number of amides is 1. The average molecular weight is 331 g/mol. The number of nitrogens with zero attached hydrogens (tertiary/aromatic N) is 1. The molecule has 0 fully saturated rings. The number of anilines is 1. The second kappa shape index (κ2) is 5.74. The summed E-state index contributed by atoms with van der Waals surface area (Å²) in [6.45, 7) is 1.89. The molecule has 1 heterocycles. The van der Waals surface area contributed by atoms with Gasteiger partial charge in [-0.1, -0.05) is 24.3 Å². The molecule has 0 saturated carbocycles. The molecule has 3 aromatic rings. The van der Waals surface area contributed by atoms with Crippen LogP contribution in [0, 0.1) is 0 Å². The van der Waals surface area contributed by atoms with Gasteiger partial charge in [0.1, 0.15) is 5.75 Å². The number of carbonyl (C=O) groups excluding carboxylic acids is 2. The molecule has 4 rings (SSSR count). The molecule has 4 nitrogen and oxygen atoms in total. The summed E-state index contributed by atoms with van der Waals surface area (Å²) in [7, 11) is 1.59. The molecule has 0 bridgehead atoms. The van der Waals surface area contributed by atoms with Gasteiger partial charge in [0.2, 0.25) is 0 Å². The number of carbonyl (C=O) groups is 2. The van der Waals surface area contributed by atoms with Crippen molar-refractivity contribution in [2.75, 3.05) is 12.0 Å². The quantitative estimate of drug-likeness (QED) is 0.673. The Morgan fingerprint density at radius 3 is 2.56 bits per heavy atom. The first-order valence-electron chi connectivity index (χ1n) is 8.11. The zero-order valence-electron chi connectivity index (χ0n) is 14.1. The van der Waals surface area contributed by atoms with E-state index in [1.165, 1.54) is 6.92 Å². The molecule has 4 heteroatoms. The molecule has 0 aliphatic carbocycles. The van der Waals surface area contributed by atoms with Crippen molar-refractivity contribution in [3.63, 3.8) is 0 Å². The molecule has 1 aliphatic heterocycles. The van der Waals surface area contributed by atoms with E-state index in [2.05, 4.69) is 0 Å². The van der Waals surface area contributed by atoms with E-state index < -0.39 is 0 Å². The highest BCUT2D eigenvalue weighted by molar-refractivity contribution is 6.24. The number of methoxy groups -OCH3 is 1. The fourth-order valence-corrected chi connectivity index (χ4v) is 3.43. The Balaban J connectivity index is 1.81. The van der Waals surface area contributed by atoms with Crippen LogP contribution in [0.2, 0.25) is 0 Å². The first-order valence-corrected chi connectivity index (χ1v) is 8.11. The third-order valence-electron chi connectivity index (χ3n) is 4.66. The van der Waals surface area contributed by atoms with E-state index in [1.807, 2.05) is 36.4 Å². The highest BCUT2D eigenvalue weighted by atomic mass is 16.5. The highest BCUT2D eigenvalue weighted by Gasteiger charge is 2.30. The van der Waals surface area contributed by atoms with Crippen LogP contribution in [0.3, 0.4) is 0 Å². The van der Waals surface area contributed by atoms with E-state index in [0.717, 1.165) is 27.6 Å². The van der Waals surface area contributed by atoms with Gasteiger partial charge in [0.25, 0.3) is 5.91 Å². The molecule has 3 aromatic carbocycles. The Morgan fingerprint density at radius 1 is 1.08 bits per heavy atom. The summed E-state index contributed by atoms with van der Waals surface area (Å²) in [5.41, 5.74) is 3.04. The Morgan fingerprint density at radius 2 is 1.84 bits per heavy atom. The van der Waals surface area contributed by atoms with Crippen molar-refractivity contribution in [3.8, 4) is 5.75 Å². The molecular formula is C21H17NO3. The van der Waals surface area contributed by atoms with Crippen molar-refractivity contribution in [2.45, 2.75) is 13.5 Å². The number of hydrogen-bond donors (Lipinski definition) is 0. The molecule has 1 amide bonds. The fourth-order valence-electron chi connectivity index (χ4n) is 3.43. The summed E-state index contributed by atoms with van der Waals surface area (Å²) in [4.78, 5) is 26.4. The van der Waals surface area contributed by atoms with E-state index in [9.17, 15) is 9.59 Å². The summed E-state index contributed by atoms with van der Waals surface area (Å²) < 4.78 is 5.43. The minimum absolute atomic E-state index is 0.0120. The SMILES string of the molecule is COc1ccc(C(C)=O)cc1CN1C(=O)c2cccc3cccc1c23. The van der Waals surface area contributed by atoms with Gasteiger partial charge in [0, 0.05) is 22.1 Å². The van der Waals surface area contributed by atoms with E-state index in [1.54, 1.807) is 30.2 Å². The van der Waals surface area contributed by atoms with Gasteiger partial charge in [-0.3, -0.25) is 9.59 Å². The molecule has 0 N–H and O–H groups in total. The average Bonchev–Trinajstić information content (AvgIpc) is 2.90. The predicted octanol–water partition coefficient (Wildman–Crippen LogP) is 4.21. The van der Waals surface area contributed by atoms with Crippen molar-refractivity contribution in [2.24, 2.45) is 0 Å². The van der Waals surface area contributed by atoms with Crippen molar-refractivity contribution in [3.05, 3.63) is 71.3 Å². The lowest BCUT2D eigenvalue weighted by molar-refractivity contribution is 0.0989. The second-order valence-corrected chi connectivity index (χ2v) is 6.15. The third kappa shape index (κ3) is 2.38. The van der Waals surface area contributed by atoms with Crippen molar-refractivity contribution in [1.82, 2.24) is 0 Å². The molecule has 25 heavy (non-hydrogen) atoms. The topological polar surface area (TPSA) is 46.6 Å². The predicted molar refractivity (Wildman–Crippen MR) is 97.5 cm³/mol. The van der Waals surface area contributed by atoms with Crippen LogP contribution in [0.1, 0.15) is 33.2 Å². The molecule has 0 atom stereocenters. The van der Waals surface area contributed by atoms with Crippen molar-refractivity contribution in [1.29, 1.82) is 0 Å². The van der Waals surface area contributed by atoms with E-state index >= 15 is 0 Å². The summed E-state index contributed by atoms with van der Waals surface area (Å²) in [5.74, 6) is 0.630. The van der Waals surface area contributed by atoms with Gasteiger partial charge in [-0.2, -0.15) is 0 Å². The Labute approximate surface area is 145 Å². The lowest BCUT2D eigenvalue weighted by atomic mass is 10.1. The molecule has 0 aromatic heterocycles. The van der Waals surface area contributed by atoms with Crippen LogP contribution in [0.5, 0.6) is 5.75 Å². The standard InChI is InChI=1S/C21H17NO3/c1-13(23)15-9-10-19(25-2)16(11-15)12-22-18-8-4-6-14-5-3-7-17(20(14)18)21(22)24/h3-11H,12H2,1-2H3. The van der Waals surface area contributed by atoms with Gasteiger partial charge in [-0.05, 0) is 42.6 Å². The minimum atomic E-state index is -0.0259. The Hall–Kier alpha value is -3.14. The van der Waals surface area contributed by atoms with Crippen LogP contribution >= 0.6 is 0 Å². The summed E-state index contributed by atoms with van der Waals surface area (Å²) in [6.07, 6.45) is 0. The summed E-state index contributed by atoms with van der Waals surface area (Å²) in [5, 5.41) is 2.03. The van der Waals surface area contributed by atoms with E-state index in [0.29, 0.717) is 17.9 Å². The van der Waals surface area contributed by atoms with Crippen molar-refractivity contribution < 1.29 is 14.3 Å². The molecule has 0 radical (unpaired) electrons. The Kier molecular flexibility index (Phi) is 3.53. The minimum Gasteiger partial charge on any atom is -0.496 e. The Bertz CT molecular complexity index is 1020. The first kappa shape index (κ1) is 15.4. The zero-order valence-corrected chi connectivity index (χ0v) is 14.1. The lowest BCUT2D eigenvalue weighted by Crippen LogP contribution is -2.26. The molecule has 124 valence electrons. The molecule has 0 saturated heterocycles. The number of hydrogen-bond acceptors (Lipinski definition) is 3. The first-order chi connectivity index (χ1) is 12.1. The van der Waals surface area contributed by atoms with Gasteiger partial charge >= 0.3 is 0 Å². The van der Waals surface area contributed by atoms with Gasteiger partial charge in [-0.25, -0.2) is 0 Å². The third-order valence-corrected chi connectivity index (χ3v) is 4.66. The molecule has 0 unspecified atom stereocenters. The molecular weight excluding hydrogens is 314 g/mol. The normalized spacial score (nSPS) is 12.7. The van der Waals surface area contributed by atoms with E-state index in [-0.39, 0.29) is 11.7 Å². The fraction of sp³-hybridized carbons (Fsp3) is 0.143. The number of rotatable bonds is 4. The largest absolute Gasteiger partial charge is 0.496 e. The number of Topliss-reactive ketones (excluding diaryl/α,β-unsaturated/α-hetero) is 1. The van der Waals surface area contributed by atoms with Crippen LogP contribution in [0.15, 0.2) is 54.6 Å². The number of ether oxygens (including phenoxy) is 1. The maximum atomic E-state index is 12.9. The van der Waals surface area contributed by atoms with Gasteiger partial charge in [0.05, 0.1) is 19.3 Å².